The molecule has 4 rings (SSSR count). The van der Waals surface area contributed by atoms with E-state index in [1.807, 2.05) is 4.68 Å². The second-order valence-corrected chi connectivity index (χ2v) is 7.09. The fraction of sp³-hybridized carbons (Fsp3) is 0.533. The van der Waals surface area contributed by atoms with Gasteiger partial charge in [-0.15, -0.1) is 0 Å². The number of nitrogens with one attached hydrogen (secondary N) is 2. The van der Waals surface area contributed by atoms with Crippen LogP contribution in [0.5, 0.6) is 0 Å². The second-order valence-electron chi connectivity index (χ2n) is 7.09. The molecule has 0 aromatic carbocycles. The maximum absolute atomic E-state index is 11.8. The van der Waals surface area contributed by atoms with Crippen LogP contribution in [0.2, 0.25) is 0 Å². The lowest BCUT2D eigenvalue weighted by Gasteiger charge is -2.19. The monoisotopic (exact) mass is 328 g/mol. The third kappa shape index (κ3) is 2.45. The number of aromatic nitrogens is 7. The number of aromatic amines is 1. The summed E-state index contributed by atoms with van der Waals surface area (Å²) in [5.74, 6) is 1.38. The molecule has 3 heterocycles. The van der Waals surface area contributed by atoms with Crippen molar-refractivity contribution in [1.29, 1.82) is 0 Å². The van der Waals surface area contributed by atoms with Crippen molar-refractivity contribution in [2.75, 3.05) is 5.32 Å². The van der Waals surface area contributed by atoms with Crippen LogP contribution in [0.4, 0.5) is 5.82 Å². The van der Waals surface area contributed by atoms with Crippen molar-refractivity contribution in [3.63, 3.8) is 0 Å². The Labute approximate surface area is 138 Å². The Morgan fingerprint density at radius 3 is 2.83 bits per heavy atom. The molecule has 0 unspecified atom stereocenters. The third-order valence-corrected chi connectivity index (χ3v) is 4.10. The summed E-state index contributed by atoms with van der Waals surface area (Å²) in [5, 5.41) is 15.2. The van der Waals surface area contributed by atoms with Gasteiger partial charge < -0.3 is 5.32 Å². The molecule has 0 amide bonds. The average Bonchev–Trinajstić information content (AvgIpc) is 3.13. The highest BCUT2D eigenvalue weighted by atomic mass is 16.1. The first-order chi connectivity index (χ1) is 11.4. The van der Waals surface area contributed by atoms with E-state index >= 15 is 0 Å². The molecular formula is C15H20N8O. The topological polar surface area (TPSA) is 106 Å². The Bertz CT molecular complexity index is 940. The number of hydrogen-bond acceptors (Lipinski definition) is 6. The molecule has 1 aliphatic rings. The smallest absolute Gasteiger partial charge is 0.343 e. The lowest BCUT2D eigenvalue weighted by molar-refractivity contribution is 0.366. The number of hydrogen-bond donors (Lipinski definition) is 2. The molecule has 1 saturated carbocycles. The summed E-state index contributed by atoms with van der Waals surface area (Å²) in [6.07, 6.45) is 5.35. The molecule has 0 aliphatic heterocycles. The summed E-state index contributed by atoms with van der Waals surface area (Å²) < 4.78 is 3.60. The van der Waals surface area contributed by atoms with Gasteiger partial charge in [0.25, 0.3) is 0 Å². The molecule has 9 heteroatoms. The van der Waals surface area contributed by atoms with E-state index in [2.05, 4.69) is 51.4 Å². The Kier molecular flexibility index (Phi) is 3.19. The van der Waals surface area contributed by atoms with Gasteiger partial charge in [-0.2, -0.15) is 10.2 Å². The molecule has 0 saturated heterocycles. The molecule has 2 N–H and O–H groups in total. The molecule has 0 bridgehead atoms. The van der Waals surface area contributed by atoms with Crippen molar-refractivity contribution in [2.45, 2.75) is 51.7 Å². The lowest BCUT2D eigenvalue weighted by Crippen LogP contribution is -2.23. The fourth-order valence-corrected chi connectivity index (χ4v) is 2.81. The van der Waals surface area contributed by atoms with Crippen LogP contribution >= 0.6 is 0 Å². The van der Waals surface area contributed by atoms with Crippen molar-refractivity contribution in [3.05, 3.63) is 28.8 Å². The van der Waals surface area contributed by atoms with Crippen LogP contribution < -0.4 is 11.0 Å². The van der Waals surface area contributed by atoms with E-state index < -0.39 is 0 Å². The van der Waals surface area contributed by atoms with Gasteiger partial charge in [-0.25, -0.2) is 24.5 Å². The molecule has 24 heavy (non-hydrogen) atoms. The summed E-state index contributed by atoms with van der Waals surface area (Å²) in [5.41, 5.74) is 0.464. The summed E-state index contributed by atoms with van der Waals surface area (Å²) in [6.45, 7) is 6.65. The van der Waals surface area contributed by atoms with Gasteiger partial charge in [-0.05, 0) is 33.6 Å². The number of fused-ring (bicyclic) bond motifs is 1. The standard InChI is InChI=1S/C15H20N8O/c1-15(2,3)23-13-10(6-19-23)12(17-8-18-13)16-7-11-20-21-14(24)22(11)9-4-5-9/h6,8-9H,4-5,7H2,1-3H3,(H,21,24)(H,16,17,18). The Balaban J connectivity index is 1.64. The minimum Gasteiger partial charge on any atom is -0.362 e. The third-order valence-electron chi connectivity index (χ3n) is 4.10. The van der Waals surface area contributed by atoms with Crippen molar-refractivity contribution in [2.24, 2.45) is 0 Å². The quantitative estimate of drug-likeness (QED) is 0.750. The zero-order valence-electron chi connectivity index (χ0n) is 13.9. The van der Waals surface area contributed by atoms with Crippen LogP contribution in [0.15, 0.2) is 17.3 Å². The van der Waals surface area contributed by atoms with Crippen molar-refractivity contribution in [1.82, 2.24) is 34.5 Å². The normalized spacial score (nSPS) is 15.1. The first-order valence-corrected chi connectivity index (χ1v) is 8.04. The number of rotatable bonds is 4. The molecular weight excluding hydrogens is 308 g/mol. The highest BCUT2D eigenvalue weighted by Gasteiger charge is 2.28. The molecule has 126 valence electrons. The van der Waals surface area contributed by atoms with Crippen LogP contribution in [-0.4, -0.2) is 34.5 Å². The highest BCUT2D eigenvalue weighted by Crippen LogP contribution is 2.34. The predicted molar refractivity (Wildman–Crippen MR) is 88.8 cm³/mol. The zero-order chi connectivity index (χ0) is 16.9. The van der Waals surface area contributed by atoms with Gasteiger partial charge >= 0.3 is 5.69 Å². The van der Waals surface area contributed by atoms with E-state index in [0.717, 1.165) is 23.9 Å². The van der Waals surface area contributed by atoms with Gasteiger partial charge in [0.05, 0.1) is 23.7 Å². The van der Waals surface area contributed by atoms with Gasteiger partial charge in [-0.3, -0.25) is 4.57 Å². The maximum Gasteiger partial charge on any atom is 0.343 e. The minimum atomic E-state index is -0.165. The van der Waals surface area contributed by atoms with Crippen LogP contribution in [0.1, 0.15) is 45.5 Å². The number of nitrogens with zero attached hydrogens (tertiary/aromatic N) is 6. The average molecular weight is 328 g/mol. The highest BCUT2D eigenvalue weighted by molar-refractivity contribution is 5.86. The van der Waals surface area contributed by atoms with Gasteiger partial charge in [0.2, 0.25) is 0 Å². The summed E-state index contributed by atoms with van der Waals surface area (Å²) in [4.78, 5) is 20.5. The van der Waals surface area contributed by atoms with E-state index in [9.17, 15) is 4.79 Å². The van der Waals surface area contributed by atoms with Crippen molar-refractivity contribution < 1.29 is 0 Å². The first-order valence-electron chi connectivity index (χ1n) is 8.04. The molecule has 1 fully saturated rings. The Morgan fingerprint density at radius 2 is 2.12 bits per heavy atom. The van der Waals surface area contributed by atoms with Crippen molar-refractivity contribution >= 4 is 16.9 Å². The molecule has 9 nitrogen and oxygen atoms in total. The SMILES string of the molecule is CC(C)(C)n1ncc2c(NCc3n[nH]c(=O)n3C3CC3)ncnc21. The van der Waals surface area contributed by atoms with E-state index in [-0.39, 0.29) is 17.3 Å². The van der Waals surface area contributed by atoms with Gasteiger partial charge in [-0.1, -0.05) is 0 Å². The minimum absolute atomic E-state index is 0.150. The summed E-state index contributed by atoms with van der Waals surface area (Å²) in [6, 6.07) is 0.280. The van der Waals surface area contributed by atoms with E-state index in [1.54, 1.807) is 10.8 Å². The van der Waals surface area contributed by atoms with E-state index in [0.29, 0.717) is 18.2 Å². The van der Waals surface area contributed by atoms with Crippen LogP contribution in [-0.2, 0) is 12.1 Å². The molecule has 0 radical (unpaired) electrons. The van der Waals surface area contributed by atoms with Crippen LogP contribution in [0, 0.1) is 0 Å². The predicted octanol–water partition coefficient (Wildman–Crippen LogP) is 1.41. The molecule has 0 atom stereocenters. The fourth-order valence-electron chi connectivity index (χ4n) is 2.81. The number of H-pyrrole nitrogens is 1. The molecule has 3 aromatic rings. The molecule has 1 aliphatic carbocycles. The second kappa shape index (κ2) is 5.15. The maximum atomic E-state index is 11.8. The van der Waals surface area contributed by atoms with E-state index in [1.165, 1.54) is 6.33 Å². The summed E-state index contributed by atoms with van der Waals surface area (Å²) in [7, 11) is 0. The lowest BCUT2D eigenvalue weighted by atomic mass is 10.1. The first kappa shape index (κ1) is 14.9. The Hall–Kier alpha value is -2.71. The van der Waals surface area contributed by atoms with Gasteiger partial charge in [0.15, 0.2) is 11.5 Å². The summed E-state index contributed by atoms with van der Waals surface area (Å²) >= 11 is 0. The molecule has 0 spiro atoms. The molecule has 3 aromatic heterocycles. The van der Waals surface area contributed by atoms with Gasteiger partial charge in [0, 0.05) is 6.04 Å². The van der Waals surface area contributed by atoms with Crippen molar-refractivity contribution in [3.8, 4) is 0 Å². The largest absolute Gasteiger partial charge is 0.362 e. The van der Waals surface area contributed by atoms with Crippen LogP contribution in [0.25, 0.3) is 11.0 Å². The number of anilines is 1. The Morgan fingerprint density at radius 1 is 1.33 bits per heavy atom. The van der Waals surface area contributed by atoms with Crippen LogP contribution in [0.3, 0.4) is 0 Å². The van der Waals surface area contributed by atoms with E-state index in [4.69, 9.17) is 0 Å². The van der Waals surface area contributed by atoms with Gasteiger partial charge in [0.1, 0.15) is 12.1 Å². The zero-order valence-corrected chi connectivity index (χ0v) is 13.9.